The fourth-order valence-electron chi connectivity index (χ4n) is 5.90. The van der Waals surface area contributed by atoms with Gasteiger partial charge in [-0.1, -0.05) is 23.7 Å². The number of nitrogens with one attached hydrogen (secondary N) is 1. The lowest BCUT2D eigenvalue weighted by atomic mass is 9.76. The summed E-state index contributed by atoms with van der Waals surface area (Å²) in [6, 6.07) is 10.1. The quantitative estimate of drug-likeness (QED) is 0.508. The molecule has 2 aromatic rings. The van der Waals surface area contributed by atoms with Crippen molar-refractivity contribution in [3.05, 3.63) is 58.1 Å². The number of hydrogen-bond donors (Lipinski definition) is 3. The third-order valence-electron chi connectivity index (χ3n) is 7.46. The molecule has 3 heterocycles. The Bertz CT molecular complexity index is 1260. The summed E-state index contributed by atoms with van der Waals surface area (Å²) in [6.45, 7) is 1.91. The number of quaternary nitrogens is 1. The Hall–Kier alpha value is -3.43. The minimum atomic E-state index is -1.35. The molecule has 5 rings (SSSR count). The molecule has 2 fully saturated rings. The van der Waals surface area contributed by atoms with Crippen LogP contribution in [0.25, 0.3) is 0 Å². The van der Waals surface area contributed by atoms with Crippen molar-refractivity contribution in [1.29, 1.82) is 0 Å². The summed E-state index contributed by atoms with van der Waals surface area (Å²) < 4.78 is 5.19. The number of nitrogens with two attached hydrogens (primary N) is 2. The molecule has 9 nitrogen and oxygen atoms in total. The lowest BCUT2D eigenvalue weighted by molar-refractivity contribution is -0.734. The zero-order valence-electron chi connectivity index (χ0n) is 19.3. The van der Waals surface area contributed by atoms with Crippen molar-refractivity contribution < 1.29 is 29.2 Å². The van der Waals surface area contributed by atoms with Crippen LogP contribution in [-0.2, 0) is 31.3 Å². The van der Waals surface area contributed by atoms with Crippen LogP contribution in [0.15, 0.2) is 36.4 Å². The second kappa shape index (κ2) is 8.35. The molecule has 35 heavy (non-hydrogen) atoms. The van der Waals surface area contributed by atoms with Crippen molar-refractivity contribution >= 4 is 40.9 Å². The molecule has 0 saturated carbocycles. The number of halogens is 1. The smallest absolute Gasteiger partial charge is 0.291 e. The summed E-state index contributed by atoms with van der Waals surface area (Å²) in [5, 5.41) is 5.14. The number of benzene rings is 2. The minimum absolute atomic E-state index is 0.0451. The highest BCUT2D eigenvalue weighted by Crippen LogP contribution is 2.51. The molecule has 3 aliphatic heterocycles. The van der Waals surface area contributed by atoms with Crippen molar-refractivity contribution in [1.82, 2.24) is 4.90 Å². The van der Waals surface area contributed by atoms with Crippen LogP contribution in [0.2, 0.25) is 5.02 Å². The first-order valence-electron chi connectivity index (χ1n) is 11.4. The normalized spacial score (nSPS) is 26.8. The predicted octanol–water partition coefficient (Wildman–Crippen LogP) is 0.817. The summed E-state index contributed by atoms with van der Waals surface area (Å²) in [4.78, 5) is 53.9. The van der Waals surface area contributed by atoms with Gasteiger partial charge in [0.25, 0.3) is 5.91 Å². The van der Waals surface area contributed by atoms with Gasteiger partial charge in [-0.25, -0.2) is 0 Å². The van der Waals surface area contributed by atoms with E-state index in [9.17, 15) is 19.2 Å². The SMILES string of the molecule is COc1ccc(CN2C(=O)[C@H]3[C@@H](C2=O)[C@]2([NH2+][C@@H]3CCC(N)=O)C(=O)Nc3c(C)cc(Cl)cc32)cc1. The molecule has 2 saturated heterocycles. The van der Waals surface area contributed by atoms with Gasteiger partial charge < -0.3 is 21.1 Å². The number of methoxy groups -OCH3 is 1. The van der Waals surface area contributed by atoms with E-state index in [1.54, 1.807) is 48.8 Å². The molecule has 3 aliphatic rings. The summed E-state index contributed by atoms with van der Waals surface area (Å²) in [5.41, 5.74) is 6.78. The lowest BCUT2D eigenvalue weighted by Crippen LogP contribution is -2.99. The number of imide groups is 1. The Morgan fingerprint density at radius 2 is 1.91 bits per heavy atom. The second-order valence-electron chi connectivity index (χ2n) is 9.42. The van der Waals surface area contributed by atoms with Crippen LogP contribution < -0.4 is 21.1 Å². The number of carbonyl (C=O) groups excluding carboxylic acids is 4. The van der Waals surface area contributed by atoms with Gasteiger partial charge in [0.2, 0.25) is 23.3 Å². The number of amides is 4. The third kappa shape index (κ3) is 3.49. The van der Waals surface area contributed by atoms with Crippen LogP contribution in [0.4, 0.5) is 5.69 Å². The van der Waals surface area contributed by atoms with Gasteiger partial charge in [0.05, 0.1) is 19.3 Å². The van der Waals surface area contributed by atoms with Gasteiger partial charge in [0, 0.05) is 23.4 Å². The zero-order chi connectivity index (χ0) is 25.1. The van der Waals surface area contributed by atoms with Crippen LogP contribution in [0.3, 0.4) is 0 Å². The van der Waals surface area contributed by atoms with Gasteiger partial charge in [-0.15, -0.1) is 0 Å². The van der Waals surface area contributed by atoms with E-state index in [4.69, 9.17) is 22.1 Å². The number of likely N-dealkylation sites (tertiary alicyclic amines) is 1. The van der Waals surface area contributed by atoms with Crippen molar-refractivity contribution in [2.75, 3.05) is 12.4 Å². The molecular formula is C25H26ClN4O5+. The van der Waals surface area contributed by atoms with Gasteiger partial charge in [-0.2, -0.15) is 0 Å². The number of ether oxygens (including phenoxy) is 1. The van der Waals surface area contributed by atoms with E-state index in [0.717, 1.165) is 11.1 Å². The topological polar surface area (TPSA) is 135 Å². The maximum Gasteiger partial charge on any atom is 0.291 e. The Kier molecular flexibility index (Phi) is 5.56. The number of carbonyl (C=O) groups is 4. The maximum atomic E-state index is 13.9. The Morgan fingerprint density at radius 3 is 2.57 bits per heavy atom. The average molecular weight is 498 g/mol. The van der Waals surface area contributed by atoms with Crippen LogP contribution in [0.1, 0.15) is 29.5 Å². The highest BCUT2D eigenvalue weighted by molar-refractivity contribution is 6.31. The third-order valence-corrected chi connectivity index (χ3v) is 7.67. The van der Waals surface area contributed by atoms with Gasteiger partial charge in [0.1, 0.15) is 23.6 Å². The molecule has 0 aromatic heterocycles. The molecule has 0 unspecified atom stereocenters. The molecule has 0 aliphatic carbocycles. The van der Waals surface area contributed by atoms with Gasteiger partial charge in [-0.05, 0) is 42.3 Å². The molecule has 10 heteroatoms. The molecule has 4 amide bonds. The first-order valence-corrected chi connectivity index (χ1v) is 11.8. The van der Waals surface area contributed by atoms with E-state index in [2.05, 4.69) is 5.32 Å². The van der Waals surface area contributed by atoms with Crippen molar-refractivity contribution in [3.63, 3.8) is 0 Å². The van der Waals surface area contributed by atoms with Crippen LogP contribution in [0.5, 0.6) is 5.75 Å². The standard InChI is InChI=1S/C25H25ClN4O5/c1-12-9-14(26)10-16-21(12)28-24(34)25(16)20-19(17(29-25)7-8-18(27)31)22(32)30(23(20)33)11-13-3-5-15(35-2)6-4-13/h3-6,9-10,17,19-20,29H,7-8,11H2,1-2H3,(H2,27,31)(H,28,34)/p+1/t17-,19-,20+,25+/m1/s1. The van der Waals surface area contributed by atoms with Crippen molar-refractivity contribution in [2.45, 2.75) is 37.9 Å². The summed E-state index contributed by atoms with van der Waals surface area (Å²) in [6.07, 6.45) is 0.319. The van der Waals surface area contributed by atoms with E-state index in [-0.39, 0.29) is 31.2 Å². The first-order chi connectivity index (χ1) is 16.7. The lowest BCUT2D eigenvalue weighted by Gasteiger charge is -2.26. The van der Waals surface area contributed by atoms with Gasteiger partial charge >= 0.3 is 0 Å². The average Bonchev–Trinajstić information content (AvgIpc) is 3.39. The first kappa shape index (κ1) is 23.3. The number of aryl methyl sites for hydroxylation is 1. The largest absolute Gasteiger partial charge is 0.497 e. The zero-order valence-corrected chi connectivity index (χ0v) is 20.1. The summed E-state index contributed by atoms with van der Waals surface area (Å²) in [5.74, 6) is -2.65. The van der Waals surface area contributed by atoms with E-state index in [0.29, 0.717) is 22.0 Å². The molecule has 0 radical (unpaired) electrons. The monoisotopic (exact) mass is 497 g/mol. The van der Waals surface area contributed by atoms with E-state index in [1.807, 2.05) is 6.92 Å². The highest BCUT2D eigenvalue weighted by Gasteiger charge is 2.74. The fraction of sp³-hybridized carbons (Fsp3) is 0.360. The Morgan fingerprint density at radius 1 is 1.20 bits per heavy atom. The molecular weight excluding hydrogens is 472 g/mol. The molecule has 4 atom stereocenters. The van der Waals surface area contributed by atoms with Crippen LogP contribution in [-0.4, -0.2) is 41.7 Å². The van der Waals surface area contributed by atoms with Gasteiger partial charge in [-0.3, -0.25) is 24.1 Å². The predicted molar refractivity (Wildman–Crippen MR) is 126 cm³/mol. The molecule has 182 valence electrons. The molecule has 2 aromatic carbocycles. The van der Waals surface area contributed by atoms with E-state index >= 15 is 0 Å². The number of hydrogen-bond acceptors (Lipinski definition) is 5. The van der Waals surface area contributed by atoms with Gasteiger partial charge in [0.15, 0.2) is 0 Å². The minimum Gasteiger partial charge on any atom is -0.497 e. The number of anilines is 1. The van der Waals surface area contributed by atoms with E-state index in [1.165, 1.54) is 4.90 Å². The summed E-state index contributed by atoms with van der Waals surface area (Å²) >= 11 is 6.36. The highest BCUT2D eigenvalue weighted by atomic mass is 35.5. The number of nitrogens with zero attached hydrogens (tertiary/aromatic N) is 1. The van der Waals surface area contributed by atoms with Crippen LogP contribution >= 0.6 is 11.6 Å². The number of primary amides is 1. The number of rotatable bonds is 6. The van der Waals surface area contributed by atoms with E-state index < -0.39 is 35.2 Å². The Balaban J connectivity index is 1.58. The van der Waals surface area contributed by atoms with Crippen molar-refractivity contribution in [3.8, 4) is 5.75 Å². The maximum absolute atomic E-state index is 13.9. The molecule has 0 bridgehead atoms. The fourth-order valence-corrected chi connectivity index (χ4v) is 6.17. The van der Waals surface area contributed by atoms with Crippen LogP contribution in [0, 0.1) is 18.8 Å². The molecule has 1 spiro atoms. The summed E-state index contributed by atoms with van der Waals surface area (Å²) in [7, 11) is 1.56. The number of fused-ring (bicyclic) bond motifs is 4. The second-order valence-corrected chi connectivity index (χ2v) is 9.85. The molecule has 5 N–H and O–H groups in total. The Labute approximate surface area is 206 Å². The van der Waals surface area contributed by atoms with Crippen molar-refractivity contribution in [2.24, 2.45) is 17.6 Å².